The second-order valence-electron chi connectivity index (χ2n) is 9.21. The minimum absolute atomic E-state index is 0.209. The topological polar surface area (TPSA) is 32.7 Å². The third-order valence-electron chi connectivity index (χ3n) is 4.51. The number of ketones is 1. The number of carbonyl (C=O) groups excluding carboxylic acids is 1. The van der Waals surface area contributed by atoms with Crippen LogP contribution in [0.5, 0.6) is 0 Å². The third kappa shape index (κ3) is 6.57. The fourth-order valence-electron chi connectivity index (χ4n) is 3.49. The van der Waals surface area contributed by atoms with Crippen LogP contribution in [0.2, 0.25) is 39.3 Å². The van der Waals surface area contributed by atoms with Crippen LogP contribution in [0.3, 0.4) is 0 Å². The molecule has 150 valence electrons. The number of Topliss-reactive ketones (excluding diaryl/α,β-unsaturated/α-hetero) is 1. The van der Waals surface area contributed by atoms with E-state index in [0.717, 1.165) is 29.7 Å². The normalized spacial score (nSPS) is 12.7. The summed E-state index contributed by atoms with van der Waals surface area (Å²) in [5, 5.41) is 5.22. The molecule has 0 atom stereocenters. The molecular formula is C23H34N2OSi2. The van der Waals surface area contributed by atoms with Crippen molar-refractivity contribution in [1.82, 2.24) is 4.34 Å². The van der Waals surface area contributed by atoms with E-state index in [-0.39, 0.29) is 5.78 Å². The maximum absolute atomic E-state index is 12.5. The van der Waals surface area contributed by atoms with Gasteiger partial charge >= 0.3 is 0 Å². The van der Waals surface area contributed by atoms with Gasteiger partial charge in [-0.2, -0.15) is 5.10 Å². The summed E-state index contributed by atoms with van der Waals surface area (Å²) in [7, 11) is -3.18. The minimum atomic E-state index is -1.59. The van der Waals surface area contributed by atoms with E-state index in [0.29, 0.717) is 6.42 Å². The summed E-state index contributed by atoms with van der Waals surface area (Å²) >= 11 is 0. The number of nitrogens with zero attached hydrogens (tertiary/aromatic N) is 2. The molecule has 0 amide bonds. The van der Waals surface area contributed by atoms with Gasteiger partial charge in [-0.15, -0.1) is 0 Å². The summed E-state index contributed by atoms with van der Waals surface area (Å²) in [6.07, 6.45) is 2.18. The molecular weight excluding hydrogens is 376 g/mol. The highest BCUT2D eigenvalue weighted by Gasteiger charge is 2.34. The van der Waals surface area contributed by atoms with Crippen molar-refractivity contribution in [3.63, 3.8) is 0 Å². The lowest BCUT2D eigenvalue weighted by Crippen LogP contribution is -2.56. The van der Waals surface area contributed by atoms with E-state index in [1.165, 1.54) is 0 Å². The van der Waals surface area contributed by atoms with Crippen LogP contribution in [0, 0.1) is 0 Å². The van der Waals surface area contributed by atoms with Gasteiger partial charge in [-0.3, -0.25) is 4.79 Å². The molecule has 0 aliphatic rings. The van der Waals surface area contributed by atoms with E-state index in [2.05, 4.69) is 67.9 Å². The fraction of sp³-hybridized carbons (Fsp3) is 0.391. The molecule has 0 saturated heterocycles. The maximum Gasteiger partial charge on any atom is 0.162 e. The number of hydrogen-bond donors (Lipinski definition) is 0. The standard InChI is InChI=1S/C23H34N2OSi2/c1-27(2,3)25(28(4,5)6)24-22(20-14-9-7-10-15-20)18-13-19-23(26)21-16-11-8-12-17-21/h7-12,14-17H,13,18-19H2,1-6H3/b24-22+. The first-order valence-corrected chi connectivity index (χ1v) is 17.0. The molecule has 0 bridgehead atoms. The van der Waals surface area contributed by atoms with E-state index in [4.69, 9.17) is 5.10 Å². The summed E-state index contributed by atoms with van der Waals surface area (Å²) in [6, 6.07) is 20.0. The van der Waals surface area contributed by atoms with Crippen molar-refractivity contribution in [3.8, 4) is 0 Å². The van der Waals surface area contributed by atoms with Gasteiger partial charge in [-0.25, -0.2) is 0 Å². The first-order valence-electron chi connectivity index (χ1n) is 10.1. The molecule has 0 heterocycles. The predicted octanol–water partition coefficient (Wildman–Crippen LogP) is 6.42. The van der Waals surface area contributed by atoms with Gasteiger partial charge in [0.25, 0.3) is 0 Å². The van der Waals surface area contributed by atoms with E-state index in [1.54, 1.807) is 0 Å². The molecule has 0 radical (unpaired) electrons. The summed E-state index contributed by atoms with van der Waals surface area (Å²) in [6.45, 7) is 14.1. The Kier molecular flexibility index (Phi) is 7.55. The fourth-order valence-corrected chi connectivity index (χ4v) is 12.4. The van der Waals surface area contributed by atoms with Gasteiger partial charge in [0.2, 0.25) is 0 Å². The first kappa shape index (κ1) is 22.3. The lowest BCUT2D eigenvalue weighted by molar-refractivity contribution is 0.0981. The van der Waals surface area contributed by atoms with Crippen molar-refractivity contribution < 1.29 is 4.79 Å². The van der Waals surface area contributed by atoms with Crippen molar-refractivity contribution in [2.24, 2.45) is 5.10 Å². The van der Waals surface area contributed by atoms with E-state index < -0.39 is 16.5 Å². The third-order valence-corrected chi connectivity index (χ3v) is 11.3. The molecule has 0 aliphatic carbocycles. The molecule has 2 aromatic rings. The SMILES string of the molecule is C[Si](C)(C)N(/N=C(\CCCC(=O)c1ccccc1)c1ccccc1)[Si](C)(C)C. The van der Waals surface area contributed by atoms with Gasteiger partial charge in [0, 0.05) is 12.0 Å². The Morgan fingerprint density at radius 3 is 1.68 bits per heavy atom. The number of hydrogen-bond acceptors (Lipinski definition) is 3. The molecule has 28 heavy (non-hydrogen) atoms. The average Bonchev–Trinajstić information content (AvgIpc) is 2.63. The second-order valence-corrected chi connectivity index (χ2v) is 19.2. The van der Waals surface area contributed by atoms with Gasteiger partial charge in [0.15, 0.2) is 22.3 Å². The molecule has 0 unspecified atom stereocenters. The Morgan fingerprint density at radius 2 is 1.21 bits per heavy atom. The van der Waals surface area contributed by atoms with Crippen molar-refractivity contribution in [2.75, 3.05) is 0 Å². The Hall–Kier alpha value is -1.99. The largest absolute Gasteiger partial charge is 0.350 e. The van der Waals surface area contributed by atoms with Crippen LogP contribution in [-0.4, -0.2) is 32.3 Å². The number of rotatable bonds is 9. The zero-order valence-corrected chi connectivity index (χ0v) is 20.2. The van der Waals surface area contributed by atoms with Crippen LogP contribution in [0.15, 0.2) is 65.8 Å². The Balaban J connectivity index is 2.22. The minimum Gasteiger partial charge on any atom is -0.350 e. The zero-order valence-electron chi connectivity index (χ0n) is 18.2. The number of carbonyl (C=O) groups is 1. The Labute approximate surface area is 172 Å². The summed E-state index contributed by atoms with van der Waals surface area (Å²) < 4.78 is 2.46. The van der Waals surface area contributed by atoms with Gasteiger partial charge in [-0.1, -0.05) is 99.9 Å². The first-order chi connectivity index (χ1) is 13.1. The van der Waals surface area contributed by atoms with E-state index in [1.807, 2.05) is 36.4 Å². The molecule has 0 aromatic heterocycles. The molecule has 0 saturated carbocycles. The zero-order chi connectivity index (χ0) is 20.8. The van der Waals surface area contributed by atoms with Crippen molar-refractivity contribution in [3.05, 3.63) is 71.8 Å². The van der Waals surface area contributed by atoms with Crippen LogP contribution in [0.4, 0.5) is 0 Å². The molecule has 0 spiro atoms. The van der Waals surface area contributed by atoms with Crippen LogP contribution in [0.1, 0.15) is 35.2 Å². The molecule has 5 heteroatoms. The monoisotopic (exact) mass is 410 g/mol. The van der Waals surface area contributed by atoms with E-state index >= 15 is 0 Å². The van der Waals surface area contributed by atoms with Gasteiger partial charge in [0.05, 0.1) is 5.71 Å². The Bertz CT molecular complexity index is 777. The molecule has 0 aliphatic heterocycles. The second kappa shape index (κ2) is 9.48. The number of benzene rings is 2. The van der Waals surface area contributed by atoms with Gasteiger partial charge in [-0.05, 0) is 18.4 Å². The molecule has 3 nitrogen and oxygen atoms in total. The van der Waals surface area contributed by atoms with Crippen LogP contribution < -0.4 is 0 Å². The highest BCUT2D eigenvalue weighted by atomic mass is 28.4. The van der Waals surface area contributed by atoms with Gasteiger partial charge in [0.1, 0.15) is 0 Å². The molecule has 2 aromatic carbocycles. The summed E-state index contributed by atoms with van der Waals surface area (Å²) in [4.78, 5) is 12.5. The van der Waals surface area contributed by atoms with Crippen LogP contribution in [0.25, 0.3) is 0 Å². The van der Waals surface area contributed by atoms with Crippen molar-refractivity contribution >= 4 is 28.0 Å². The smallest absolute Gasteiger partial charge is 0.162 e. The van der Waals surface area contributed by atoms with E-state index in [9.17, 15) is 4.79 Å². The lowest BCUT2D eigenvalue weighted by Gasteiger charge is -2.42. The molecule has 0 N–H and O–H groups in total. The predicted molar refractivity (Wildman–Crippen MR) is 126 cm³/mol. The van der Waals surface area contributed by atoms with Gasteiger partial charge < -0.3 is 4.34 Å². The quantitative estimate of drug-likeness (QED) is 0.207. The van der Waals surface area contributed by atoms with Crippen LogP contribution in [-0.2, 0) is 0 Å². The summed E-state index contributed by atoms with van der Waals surface area (Å²) in [5.74, 6) is 0.209. The maximum atomic E-state index is 12.5. The molecule has 0 fully saturated rings. The molecule has 2 rings (SSSR count). The average molecular weight is 411 g/mol. The highest BCUT2D eigenvalue weighted by Crippen LogP contribution is 2.22. The highest BCUT2D eigenvalue weighted by molar-refractivity contribution is 6.89. The van der Waals surface area contributed by atoms with Crippen molar-refractivity contribution in [1.29, 1.82) is 0 Å². The van der Waals surface area contributed by atoms with Crippen LogP contribution >= 0.6 is 0 Å². The lowest BCUT2D eigenvalue weighted by atomic mass is 10.0. The Morgan fingerprint density at radius 1 is 0.750 bits per heavy atom. The van der Waals surface area contributed by atoms with Crippen molar-refractivity contribution in [2.45, 2.75) is 58.5 Å². The summed E-state index contributed by atoms with van der Waals surface area (Å²) in [5.41, 5.74) is 3.06. The number of hydrazone groups is 1.